The molecule has 2 heterocycles. The molecule has 104 valence electrons. The van der Waals surface area contributed by atoms with Crippen molar-refractivity contribution in [3.63, 3.8) is 0 Å². The highest BCUT2D eigenvalue weighted by Crippen LogP contribution is 2.36. The van der Waals surface area contributed by atoms with Crippen molar-refractivity contribution in [2.45, 2.75) is 38.1 Å². The number of aryl methyl sites for hydroxylation is 1. The van der Waals surface area contributed by atoms with E-state index in [9.17, 15) is 0 Å². The molecule has 2 N–H and O–H groups in total. The lowest BCUT2D eigenvalue weighted by atomic mass is 9.99. The second-order valence-electron chi connectivity index (χ2n) is 4.85. The van der Waals surface area contributed by atoms with Gasteiger partial charge in [-0.25, -0.2) is 0 Å². The zero-order valence-electron chi connectivity index (χ0n) is 10.5. The monoisotopic (exact) mass is 347 g/mol. The van der Waals surface area contributed by atoms with E-state index < -0.39 is 5.54 Å². The van der Waals surface area contributed by atoms with Crippen molar-refractivity contribution in [2.24, 2.45) is 5.73 Å². The Labute approximate surface area is 125 Å². The summed E-state index contributed by atoms with van der Waals surface area (Å²) in [6.07, 6.45) is 4.05. The van der Waals surface area contributed by atoms with Gasteiger partial charge in [0, 0.05) is 5.56 Å². The van der Waals surface area contributed by atoms with E-state index in [1.807, 2.05) is 13.0 Å². The van der Waals surface area contributed by atoms with E-state index in [1.165, 1.54) is 0 Å². The molecule has 0 spiro atoms. The number of aromatic nitrogens is 2. The van der Waals surface area contributed by atoms with Crippen LogP contribution in [0.2, 0.25) is 0 Å². The van der Waals surface area contributed by atoms with E-state index in [-0.39, 0.29) is 12.4 Å². The van der Waals surface area contributed by atoms with Crippen LogP contribution in [0.15, 0.2) is 19.7 Å². The minimum atomic E-state index is -0.431. The van der Waals surface area contributed by atoms with Gasteiger partial charge in [-0.3, -0.25) is 0 Å². The van der Waals surface area contributed by atoms with Crippen molar-refractivity contribution in [1.82, 2.24) is 10.1 Å². The number of hydrogen-bond donors (Lipinski definition) is 1. The number of nitrogens with zero attached hydrogens (tertiary/aromatic N) is 2. The molecule has 0 radical (unpaired) electrons. The molecule has 3 rings (SSSR count). The Balaban J connectivity index is 0.00000133. The van der Waals surface area contributed by atoms with Crippen LogP contribution in [-0.4, -0.2) is 10.1 Å². The summed E-state index contributed by atoms with van der Waals surface area (Å²) >= 11 is 3.28. The van der Waals surface area contributed by atoms with Crippen molar-refractivity contribution in [2.75, 3.05) is 0 Å². The Bertz CT molecular complexity index is 575. The van der Waals surface area contributed by atoms with Crippen molar-refractivity contribution >= 4 is 28.3 Å². The first-order chi connectivity index (χ1) is 8.58. The van der Waals surface area contributed by atoms with Crippen LogP contribution in [0.5, 0.6) is 0 Å². The predicted octanol–water partition coefficient (Wildman–Crippen LogP) is 3.55. The highest BCUT2D eigenvalue weighted by Gasteiger charge is 2.36. The number of hydrogen-bond acceptors (Lipinski definition) is 5. The Kier molecular flexibility index (Phi) is 4.03. The van der Waals surface area contributed by atoms with E-state index in [0.717, 1.165) is 31.2 Å². The lowest BCUT2D eigenvalue weighted by Crippen LogP contribution is -2.34. The Morgan fingerprint density at radius 1 is 1.37 bits per heavy atom. The molecule has 0 bridgehead atoms. The van der Waals surface area contributed by atoms with E-state index in [1.54, 1.807) is 0 Å². The molecule has 0 unspecified atom stereocenters. The molecule has 2 aromatic rings. The highest BCUT2D eigenvalue weighted by atomic mass is 79.9. The standard InChI is InChI=1S/C12H14BrN3O2.ClH/c1-7-6-8(13)17-9(7)10-15-11(16-18-10)12(14)4-2-3-5-12;/h6H,2-5,14H2,1H3;1H. The summed E-state index contributed by atoms with van der Waals surface area (Å²) in [4.78, 5) is 4.39. The maximum atomic E-state index is 6.29. The van der Waals surface area contributed by atoms with Gasteiger partial charge in [0.1, 0.15) is 0 Å². The molecule has 1 aliphatic rings. The van der Waals surface area contributed by atoms with Crippen molar-refractivity contribution in [3.8, 4) is 11.7 Å². The molecule has 0 aliphatic heterocycles. The fourth-order valence-electron chi connectivity index (χ4n) is 2.40. The largest absolute Gasteiger partial charge is 0.444 e. The van der Waals surface area contributed by atoms with Gasteiger partial charge in [0.2, 0.25) is 0 Å². The minimum absolute atomic E-state index is 0. The van der Waals surface area contributed by atoms with Crippen LogP contribution in [0.1, 0.15) is 37.1 Å². The van der Waals surface area contributed by atoms with Crippen LogP contribution in [0.25, 0.3) is 11.7 Å². The molecule has 1 aliphatic carbocycles. The Morgan fingerprint density at radius 2 is 2.05 bits per heavy atom. The maximum absolute atomic E-state index is 6.29. The summed E-state index contributed by atoms with van der Waals surface area (Å²) in [6, 6.07) is 1.87. The summed E-state index contributed by atoms with van der Waals surface area (Å²) in [5.41, 5.74) is 6.81. The molecule has 0 amide bonds. The normalized spacial score (nSPS) is 17.4. The molecular weight excluding hydrogens is 334 g/mol. The average molecular weight is 349 g/mol. The first kappa shape index (κ1) is 14.6. The van der Waals surface area contributed by atoms with Gasteiger partial charge in [0.25, 0.3) is 5.89 Å². The topological polar surface area (TPSA) is 78.1 Å². The van der Waals surface area contributed by atoms with Gasteiger partial charge >= 0.3 is 0 Å². The Morgan fingerprint density at radius 3 is 2.63 bits per heavy atom. The molecule has 19 heavy (non-hydrogen) atoms. The van der Waals surface area contributed by atoms with Crippen LogP contribution in [0.3, 0.4) is 0 Å². The molecule has 1 saturated carbocycles. The van der Waals surface area contributed by atoms with Crippen molar-refractivity contribution in [1.29, 1.82) is 0 Å². The quantitative estimate of drug-likeness (QED) is 0.898. The molecule has 0 aromatic carbocycles. The molecule has 0 atom stereocenters. The summed E-state index contributed by atoms with van der Waals surface area (Å²) in [6.45, 7) is 1.93. The molecule has 0 saturated heterocycles. The fraction of sp³-hybridized carbons (Fsp3) is 0.500. The van der Waals surface area contributed by atoms with E-state index in [4.69, 9.17) is 14.7 Å². The number of nitrogens with two attached hydrogens (primary N) is 1. The lowest BCUT2D eigenvalue weighted by molar-refractivity contribution is 0.367. The van der Waals surface area contributed by atoms with Gasteiger partial charge in [-0.2, -0.15) is 4.98 Å². The summed E-state index contributed by atoms with van der Waals surface area (Å²) < 4.78 is 11.4. The van der Waals surface area contributed by atoms with Gasteiger partial charge in [0.15, 0.2) is 16.3 Å². The van der Waals surface area contributed by atoms with Gasteiger partial charge < -0.3 is 14.7 Å². The zero-order chi connectivity index (χ0) is 12.8. The van der Waals surface area contributed by atoms with E-state index >= 15 is 0 Å². The third-order valence-electron chi connectivity index (χ3n) is 3.45. The highest BCUT2D eigenvalue weighted by molar-refractivity contribution is 9.10. The molecule has 1 fully saturated rings. The molecule has 2 aromatic heterocycles. The second kappa shape index (κ2) is 5.26. The summed E-state index contributed by atoms with van der Waals surface area (Å²) in [7, 11) is 0. The first-order valence-corrected chi connectivity index (χ1v) is 6.77. The van der Waals surface area contributed by atoms with Gasteiger partial charge in [-0.1, -0.05) is 18.0 Å². The molecular formula is C12H15BrClN3O2. The zero-order valence-corrected chi connectivity index (χ0v) is 12.9. The third-order valence-corrected chi connectivity index (χ3v) is 3.84. The fourth-order valence-corrected chi connectivity index (χ4v) is 2.91. The van der Waals surface area contributed by atoms with Crippen LogP contribution in [-0.2, 0) is 5.54 Å². The van der Waals surface area contributed by atoms with E-state index in [2.05, 4.69) is 26.1 Å². The summed E-state index contributed by atoms with van der Waals surface area (Å²) in [5.74, 6) is 1.58. The lowest BCUT2D eigenvalue weighted by Gasteiger charge is -2.17. The molecule has 5 nitrogen and oxygen atoms in total. The van der Waals surface area contributed by atoms with Gasteiger partial charge in [-0.15, -0.1) is 12.4 Å². The SMILES string of the molecule is Cc1cc(Br)oc1-c1nc(C2(N)CCCC2)no1.Cl. The van der Waals surface area contributed by atoms with Crippen LogP contribution < -0.4 is 5.73 Å². The van der Waals surface area contributed by atoms with Crippen LogP contribution in [0.4, 0.5) is 0 Å². The minimum Gasteiger partial charge on any atom is -0.444 e. The summed E-state index contributed by atoms with van der Waals surface area (Å²) in [5, 5.41) is 4.01. The predicted molar refractivity (Wildman–Crippen MR) is 76.0 cm³/mol. The first-order valence-electron chi connectivity index (χ1n) is 5.98. The number of rotatable bonds is 2. The van der Waals surface area contributed by atoms with Crippen LogP contribution >= 0.6 is 28.3 Å². The van der Waals surface area contributed by atoms with E-state index in [0.29, 0.717) is 22.1 Å². The second-order valence-corrected chi connectivity index (χ2v) is 5.63. The number of halogens is 2. The van der Waals surface area contributed by atoms with Crippen molar-refractivity contribution < 1.29 is 8.94 Å². The van der Waals surface area contributed by atoms with Crippen molar-refractivity contribution in [3.05, 3.63) is 22.1 Å². The maximum Gasteiger partial charge on any atom is 0.294 e. The number of furan rings is 1. The smallest absolute Gasteiger partial charge is 0.294 e. The van der Waals surface area contributed by atoms with Gasteiger partial charge in [0.05, 0.1) is 5.54 Å². The molecule has 7 heteroatoms. The van der Waals surface area contributed by atoms with Crippen LogP contribution in [0, 0.1) is 6.92 Å². The third kappa shape index (κ3) is 2.57. The Hall–Kier alpha value is -0.850. The average Bonchev–Trinajstić information content (AvgIpc) is 2.99. The van der Waals surface area contributed by atoms with Gasteiger partial charge in [-0.05, 0) is 41.8 Å².